The summed E-state index contributed by atoms with van der Waals surface area (Å²) in [7, 11) is 0. The first-order chi connectivity index (χ1) is 8.75. The van der Waals surface area contributed by atoms with Gasteiger partial charge in [-0.05, 0) is 38.4 Å². The maximum atomic E-state index is 12.2. The minimum Gasteiger partial charge on any atom is -0.299 e. The first-order valence-corrected chi connectivity index (χ1v) is 7.36. The fourth-order valence-corrected chi connectivity index (χ4v) is 3.69. The highest BCUT2D eigenvalue weighted by Gasteiger charge is 2.19. The van der Waals surface area contributed by atoms with Gasteiger partial charge in [0.2, 0.25) is 0 Å². The zero-order valence-corrected chi connectivity index (χ0v) is 11.4. The summed E-state index contributed by atoms with van der Waals surface area (Å²) < 4.78 is 2.99. The standard InChI is InChI=1S/C14H18N2OS/c1-11-5-4-8-15(11)9-10-16-14(17)12-6-2-3-7-13(12)18-16/h2-3,6-7,11H,4-5,8-10H2,1H3. The van der Waals surface area contributed by atoms with Crippen molar-refractivity contribution in [1.82, 2.24) is 8.86 Å². The molecule has 2 heterocycles. The number of fused-ring (bicyclic) bond motifs is 1. The van der Waals surface area contributed by atoms with E-state index < -0.39 is 0 Å². The van der Waals surface area contributed by atoms with Crippen LogP contribution in [0.25, 0.3) is 10.1 Å². The second kappa shape index (κ2) is 4.86. The van der Waals surface area contributed by atoms with Crippen molar-refractivity contribution in [2.45, 2.75) is 32.4 Å². The predicted octanol–water partition coefficient (Wildman–Crippen LogP) is 2.55. The van der Waals surface area contributed by atoms with Gasteiger partial charge < -0.3 is 0 Å². The molecule has 1 fully saturated rings. The molecule has 1 unspecified atom stereocenters. The van der Waals surface area contributed by atoms with Crippen LogP contribution in [0.5, 0.6) is 0 Å². The fourth-order valence-electron chi connectivity index (χ4n) is 2.71. The van der Waals surface area contributed by atoms with Gasteiger partial charge in [-0.3, -0.25) is 13.7 Å². The van der Waals surface area contributed by atoms with Crippen molar-refractivity contribution in [2.75, 3.05) is 13.1 Å². The lowest BCUT2D eigenvalue weighted by Crippen LogP contribution is -2.31. The van der Waals surface area contributed by atoms with E-state index in [9.17, 15) is 4.79 Å². The molecule has 0 N–H and O–H groups in total. The largest absolute Gasteiger partial charge is 0.299 e. The van der Waals surface area contributed by atoms with Crippen molar-refractivity contribution in [3.63, 3.8) is 0 Å². The molecule has 1 saturated heterocycles. The zero-order chi connectivity index (χ0) is 12.5. The lowest BCUT2D eigenvalue weighted by atomic mass is 10.2. The summed E-state index contributed by atoms with van der Waals surface area (Å²) in [6.45, 7) is 5.28. The lowest BCUT2D eigenvalue weighted by molar-refractivity contribution is 0.260. The van der Waals surface area contributed by atoms with Gasteiger partial charge in [0, 0.05) is 19.1 Å². The highest BCUT2D eigenvalue weighted by atomic mass is 32.1. The summed E-state index contributed by atoms with van der Waals surface area (Å²) >= 11 is 1.59. The molecule has 2 aromatic rings. The monoisotopic (exact) mass is 262 g/mol. The summed E-state index contributed by atoms with van der Waals surface area (Å²) in [6, 6.07) is 8.55. The van der Waals surface area contributed by atoms with E-state index in [0.717, 1.165) is 23.2 Å². The van der Waals surface area contributed by atoms with Gasteiger partial charge in [-0.15, -0.1) is 0 Å². The Morgan fingerprint density at radius 2 is 2.17 bits per heavy atom. The third-order valence-corrected chi connectivity index (χ3v) is 4.95. The van der Waals surface area contributed by atoms with Crippen LogP contribution in [0.15, 0.2) is 29.1 Å². The molecule has 1 atom stereocenters. The van der Waals surface area contributed by atoms with Gasteiger partial charge in [0.1, 0.15) is 0 Å². The van der Waals surface area contributed by atoms with E-state index in [0.29, 0.717) is 6.04 Å². The van der Waals surface area contributed by atoms with Gasteiger partial charge in [0.05, 0.1) is 10.1 Å². The van der Waals surface area contributed by atoms with E-state index in [1.807, 2.05) is 28.2 Å². The minimum atomic E-state index is 0.169. The normalized spacial score (nSPS) is 20.8. The van der Waals surface area contributed by atoms with Crippen LogP contribution in [-0.4, -0.2) is 28.0 Å². The van der Waals surface area contributed by atoms with Crippen molar-refractivity contribution in [1.29, 1.82) is 0 Å². The third kappa shape index (κ3) is 2.10. The average Bonchev–Trinajstić information content (AvgIpc) is 2.92. The maximum Gasteiger partial charge on any atom is 0.268 e. The van der Waals surface area contributed by atoms with Crippen molar-refractivity contribution >= 4 is 21.6 Å². The Morgan fingerprint density at radius 3 is 2.89 bits per heavy atom. The number of benzene rings is 1. The zero-order valence-electron chi connectivity index (χ0n) is 10.6. The molecule has 0 radical (unpaired) electrons. The van der Waals surface area contributed by atoms with Crippen LogP contribution in [-0.2, 0) is 6.54 Å². The average molecular weight is 262 g/mol. The quantitative estimate of drug-likeness (QED) is 0.849. The third-order valence-electron chi connectivity index (χ3n) is 3.83. The smallest absolute Gasteiger partial charge is 0.268 e. The van der Waals surface area contributed by atoms with Crippen molar-refractivity contribution in [3.8, 4) is 0 Å². The molecule has 1 aromatic heterocycles. The Balaban J connectivity index is 1.78. The van der Waals surface area contributed by atoms with E-state index in [1.54, 1.807) is 11.5 Å². The molecular weight excluding hydrogens is 244 g/mol. The predicted molar refractivity (Wildman–Crippen MR) is 76.4 cm³/mol. The molecule has 0 bridgehead atoms. The van der Waals surface area contributed by atoms with Gasteiger partial charge >= 0.3 is 0 Å². The minimum absolute atomic E-state index is 0.169. The molecular formula is C14H18N2OS. The van der Waals surface area contributed by atoms with Gasteiger partial charge in [0.15, 0.2) is 0 Å². The molecule has 0 amide bonds. The Bertz CT molecular complexity index is 601. The summed E-state index contributed by atoms with van der Waals surface area (Å²) in [5.74, 6) is 0. The fraction of sp³-hybridized carbons (Fsp3) is 0.500. The number of hydrogen-bond acceptors (Lipinski definition) is 3. The molecule has 1 aromatic carbocycles. The van der Waals surface area contributed by atoms with E-state index in [4.69, 9.17) is 0 Å². The van der Waals surface area contributed by atoms with Crippen LogP contribution in [0.1, 0.15) is 19.8 Å². The number of rotatable bonds is 3. The Morgan fingerprint density at radius 1 is 1.33 bits per heavy atom. The van der Waals surface area contributed by atoms with Gasteiger partial charge in [0.25, 0.3) is 5.56 Å². The van der Waals surface area contributed by atoms with Crippen LogP contribution < -0.4 is 5.56 Å². The second-order valence-electron chi connectivity index (χ2n) is 5.02. The van der Waals surface area contributed by atoms with E-state index in [2.05, 4.69) is 11.8 Å². The maximum absolute atomic E-state index is 12.2. The first-order valence-electron chi connectivity index (χ1n) is 6.58. The molecule has 0 aliphatic carbocycles. The number of nitrogens with zero attached hydrogens (tertiary/aromatic N) is 2. The molecule has 3 rings (SSSR count). The Labute approximate surface area is 111 Å². The SMILES string of the molecule is CC1CCCN1CCn1sc2ccccc2c1=O. The van der Waals surface area contributed by atoms with E-state index >= 15 is 0 Å². The summed E-state index contributed by atoms with van der Waals surface area (Å²) in [5.41, 5.74) is 0.169. The van der Waals surface area contributed by atoms with Crippen molar-refractivity contribution < 1.29 is 0 Å². The molecule has 0 saturated carbocycles. The van der Waals surface area contributed by atoms with Crippen LogP contribution in [0.4, 0.5) is 0 Å². The first kappa shape index (κ1) is 11.9. The van der Waals surface area contributed by atoms with E-state index in [1.165, 1.54) is 19.4 Å². The van der Waals surface area contributed by atoms with Crippen LogP contribution >= 0.6 is 11.5 Å². The number of likely N-dealkylation sites (tertiary alicyclic amines) is 1. The van der Waals surface area contributed by atoms with Gasteiger partial charge in [-0.25, -0.2) is 0 Å². The van der Waals surface area contributed by atoms with Crippen molar-refractivity contribution in [2.24, 2.45) is 0 Å². The lowest BCUT2D eigenvalue weighted by Gasteiger charge is -2.20. The van der Waals surface area contributed by atoms with Crippen LogP contribution in [0.3, 0.4) is 0 Å². The number of aromatic nitrogens is 1. The second-order valence-corrected chi connectivity index (χ2v) is 6.09. The van der Waals surface area contributed by atoms with Crippen LogP contribution in [0, 0.1) is 0 Å². The Kier molecular flexibility index (Phi) is 3.22. The molecule has 3 nitrogen and oxygen atoms in total. The van der Waals surface area contributed by atoms with Crippen LogP contribution in [0.2, 0.25) is 0 Å². The molecule has 96 valence electrons. The molecule has 0 spiro atoms. The molecule has 1 aliphatic rings. The highest BCUT2D eigenvalue weighted by molar-refractivity contribution is 7.13. The van der Waals surface area contributed by atoms with Crippen molar-refractivity contribution in [3.05, 3.63) is 34.6 Å². The summed E-state index contributed by atoms with van der Waals surface area (Å²) in [5, 5.41) is 0.858. The van der Waals surface area contributed by atoms with E-state index in [-0.39, 0.29) is 5.56 Å². The highest BCUT2D eigenvalue weighted by Crippen LogP contribution is 2.18. The summed E-state index contributed by atoms with van der Waals surface area (Å²) in [6.07, 6.45) is 2.59. The molecule has 18 heavy (non-hydrogen) atoms. The van der Waals surface area contributed by atoms with Gasteiger partial charge in [-0.2, -0.15) is 0 Å². The Hall–Kier alpha value is -1.13. The molecule has 4 heteroatoms. The molecule has 1 aliphatic heterocycles. The summed E-state index contributed by atoms with van der Waals surface area (Å²) in [4.78, 5) is 14.7. The number of hydrogen-bond donors (Lipinski definition) is 0. The van der Waals surface area contributed by atoms with Gasteiger partial charge in [-0.1, -0.05) is 23.7 Å². The topological polar surface area (TPSA) is 25.2 Å².